The van der Waals surface area contributed by atoms with E-state index < -0.39 is 6.29 Å². The highest BCUT2D eigenvalue weighted by Crippen LogP contribution is 2.39. The molecule has 54 heavy (non-hydrogen) atoms. The van der Waals surface area contributed by atoms with Gasteiger partial charge in [-0.2, -0.15) is 0 Å². The summed E-state index contributed by atoms with van der Waals surface area (Å²) < 4.78 is 14.7. The summed E-state index contributed by atoms with van der Waals surface area (Å²) in [5.74, 6) is -0.0472. The molecule has 282 valence electrons. The van der Waals surface area contributed by atoms with Gasteiger partial charge < -0.3 is 35.5 Å². The number of carbonyl (C=O) groups excluding carboxylic acids is 2. The Morgan fingerprint density at radius 3 is 2.24 bits per heavy atom. The summed E-state index contributed by atoms with van der Waals surface area (Å²) in [5.41, 5.74) is 12.8. The Morgan fingerprint density at radius 1 is 0.815 bits per heavy atom. The van der Waals surface area contributed by atoms with Gasteiger partial charge in [0.15, 0.2) is 11.4 Å². The van der Waals surface area contributed by atoms with Crippen LogP contribution in [0.15, 0.2) is 103 Å². The number of imidazole rings is 1. The van der Waals surface area contributed by atoms with Gasteiger partial charge in [0.05, 0.1) is 43.1 Å². The number of aromatic nitrogens is 2. The molecule has 0 spiro atoms. The predicted molar refractivity (Wildman–Crippen MR) is 212 cm³/mol. The SMILES string of the molecule is Nc1ccccc1NC(=O)CCCCCCC(=O)NCc1cccc(-c2ccc([C@H]3O[C@@H](Cn4cnc(Cl)c4Cl)C[C@@H](c4ccc(CO)cc4)O3)cc2)c1. The summed E-state index contributed by atoms with van der Waals surface area (Å²) in [6, 6.07) is 31.2. The summed E-state index contributed by atoms with van der Waals surface area (Å²) >= 11 is 12.5. The van der Waals surface area contributed by atoms with E-state index in [9.17, 15) is 14.7 Å². The number of halogens is 2. The molecule has 5 N–H and O–H groups in total. The van der Waals surface area contributed by atoms with E-state index in [1.807, 2.05) is 78.9 Å². The van der Waals surface area contributed by atoms with Gasteiger partial charge in [-0.05, 0) is 58.9 Å². The number of nitrogens with one attached hydrogen (secondary N) is 2. The molecule has 1 aliphatic heterocycles. The first-order valence-electron chi connectivity index (χ1n) is 18.2. The van der Waals surface area contributed by atoms with Crippen molar-refractivity contribution < 1.29 is 24.2 Å². The van der Waals surface area contributed by atoms with Crippen molar-refractivity contribution in [1.29, 1.82) is 0 Å². The fourth-order valence-electron chi connectivity index (χ4n) is 6.45. The Bertz CT molecular complexity index is 2000. The van der Waals surface area contributed by atoms with E-state index in [2.05, 4.69) is 21.7 Å². The quantitative estimate of drug-likeness (QED) is 0.0581. The van der Waals surface area contributed by atoms with Crippen molar-refractivity contribution in [2.45, 2.75) is 83.1 Å². The second-order valence-corrected chi connectivity index (χ2v) is 14.2. The average Bonchev–Trinajstić information content (AvgIpc) is 3.51. The smallest absolute Gasteiger partial charge is 0.224 e. The summed E-state index contributed by atoms with van der Waals surface area (Å²) in [7, 11) is 0. The van der Waals surface area contributed by atoms with Gasteiger partial charge in [-0.3, -0.25) is 9.59 Å². The Hall–Kier alpha value is -4.71. The first-order chi connectivity index (χ1) is 26.2. The number of anilines is 2. The Balaban J connectivity index is 0.988. The minimum absolute atomic E-state index is 0.00823. The van der Waals surface area contributed by atoms with Crippen LogP contribution in [0, 0.1) is 0 Å². The maximum atomic E-state index is 12.6. The number of nitrogens with zero attached hydrogens (tertiary/aromatic N) is 2. The number of amides is 2. The second kappa shape index (κ2) is 19.1. The van der Waals surface area contributed by atoms with E-state index in [4.69, 9.17) is 38.4 Å². The first kappa shape index (κ1) is 39.0. The van der Waals surface area contributed by atoms with Crippen LogP contribution in [-0.2, 0) is 38.8 Å². The van der Waals surface area contributed by atoms with Gasteiger partial charge in [0, 0.05) is 31.4 Å². The van der Waals surface area contributed by atoms with E-state index in [1.54, 1.807) is 23.0 Å². The number of nitrogens with two attached hydrogens (primary N) is 1. The van der Waals surface area contributed by atoms with Crippen molar-refractivity contribution in [3.8, 4) is 11.1 Å². The highest BCUT2D eigenvalue weighted by molar-refractivity contribution is 6.40. The van der Waals surface area contributed by atoms with Crippen LogP contribution in [0.25, 0.3) is 11.1 Å². The molecular formula is C42H45Cl2N5O5. The number of aliphatic hydroxyl groups is 1. The van der Waals surface area contributed by atoms with Gasteiger partial charge in [-0.25, -0.2) is 4.98 Å². The lowest BCUT2D eigenvalue weighted by Crippen LogP contribution is -2.32. The molecule has 1 aliphatic rings. The summed E-state index contributed by atoms with van der Waals surface area (Å²) in [5, 5.41) is 16.0. The van der Waals surface area contributed by atoms with E-state index in [0.29, 0.717) is 48.9 Å². The van der Waals surface area contributed by atoms with Crippen LogP contribution in [0.3, 0.4) is 0 Å². The molecule has 0 radical (unpaired) electrons. The normalized spacial score (nSPS) is 16.9. The Kier molecular flexibility index (Phi) is 13.8. The van der Waals surface area contributed by atoms with Crippen molar-refractivity contribution in [3.05, 3.63) is 136 Å². The molecule has 3 atom stereocenters. The van der Waals surface area contributed by atoms with Crippen LogP contribution in [0.5, 0.6) is 0 Å². The van der Waals surface area contributed by atoms with Crippen LogP contribution in [0.1, 0.15) is 79.6 Å². The zero-order chi connectivity index (χ0) is 37.9. The van der Waals surface area contributed by atoms with Crippen molar-refractivity contribution in [2.75, 3.05) is 11.1 Å². The molecule has 0 saturated carbocycles. The van der Waals surface area contributed by atoms with Crippen molar-refractivity contribution in [2.24, 2.45) is 0 Å². The average molecular weight is 771 g/mol. The van der Waals surface area contributed by atoms with Crippen molar-refractivity contribution >= 4 is 46.4 Å². The lowest BCUT2D eigenvalue weighted by molar-refractivity contribution is -0.252. The summed E-state index contributed by atoms with van der Waals surface area (Å²) in [6.45, 7) is 0.866. The predicted octanol–water partition coefficient (Wildman–Crippen LogP) is 8.77. The van der Waals surface area contributed by atoms with Crippen molar-refractivity contribution in [3.63, 3.8) is 0 Å². The third kappa shape index (κ3) is 10.7. The number of ether oxygens (including phenoxy) is 2. The van der Waals surface area contributed by atoms with Gasteiger partial charge in [-0.15, -0.1) is 0 Å². The number of nitrogen functional groups attached to an aromatic ring is 1. The lowest BCUT2D eigenvalue weighted by atomic mass is 9.99. The van der Waals surface area contributed by atoms with Gasteiger partial charge in [0.25, 0.3) is 0 Å². The van der Waals surface area contributed by atoms with Gasteiger partial charge >= 0.3 is 0 Å². The number of rotatable bonds is 16. The minimum atomic E-state index is -0.626. The molecule has 0 aliphatic carbocycles. The summed E-state index contributed by atoms with van der Waals surface area (Å²) in [4.78, 5) is 28.9. The molecule has 2 heterocycles. The lowest BCUT2D eigenvalue weighted by Gasteiger charge is -2.36. The molecule has 4 aromatic carbocycles. The number of carbonyl (C=O) groups is 2. The molecule has 5 aromatic rings. The van der Waals surface area contributed by atoms with Gasteiger partial charge in [-0.1, -0.05) is 115 Å². The molecule has 0 unspecified atom stereocenters. The van der Waals surface area contributed by atoms with Crippen LogP contribution in [0.4, 0.5) is 11.4 Å². The standard InChI is InChI=1S/C42H45Cl2N5O5/c43-40-41(44)49(27-47-40)25-34-23-37(31-16-14-28(26-50)15-17-31)54-42(53-34)32-20-18-30(19-21-32)33-9-7-8-29(22-33)24-46-38(51)12-3-1-2-4-13-39(52)48-36-11-6-5-10-35(36)45/h5-11,14-22,27,34,37,42,50H,1-4,12-13,23-26,45H2,(H,46,51)(H,48,52)/t34-,37+,42+/m1/s1. The number of benzene rings is 4. The third-order valence-corrected chi connectivity index (χ3v) is 10.2. The van der Waals surface area contributed by atoms with Crippen molar-refractivity contribution in [1.82, 2.24) is 14.9 Å². The Morgan fingerprint density at radius 2 is 1.54 bits per heavy atom. The van der Waals surface area contributed by atoms with E-state index >= 15 is 0 Å². The fraction of sp³-hybridized carbons (Fsp3) is 0.310. The van der Waals surface area contributed by atoms with Crippen LogP contribution in [-0.4, -0.2) is 32.6 Å². The van der Waals surface area contributed by atoms with E-state index in [0.717, 1.165) is 59.1 Å². The van der Waals surface area contributed by atoms with Crippen LogP contribution >= 0.6 is 23.2 Å². The molecule has 0 bridgehead atoms. The number of hydrogen-bond donors (Lipinski definition) is 4. The highest BCUT2D eigenvalue weighted by Gasteiger charge is 2.33. The molecule has 12 heteroatoms. The molecule has 6 rings (SSSR count). The van der Waals surface area contributed by atoms with Gasteiger partial charge in [0.1, 0.15) is 5.15 Å². The zero-order valence-electron chi connectivity index (χ0n) is 29.9. The van der Waals surface area contributed by atoms with Crippen LogP contribution < -0.4 is 16.4 Å². The molecular weight excluding hydrogens is 725 g/mol. The van der Waals surface area contributed by atoms with Gasteiger partial charge in [0.2, 0.25) is 11.8 Å². The Labute approximate surface area is 325 Å². The monoisotopic (exact) mass is 769 g/mol. The highest BCUT2D eigenvalue weighted by atomic mass is 35.5. The van der Waals surface area contributed by atoms with Crippen LogP contribution in [0.2, 0.25) is 10.3 Å². The number of hydrogen-bond acceptors (Lipinski definition) is 7. The number of para-hydroxylation sites is 2. The number of aliphatic hydroxyl groups excluding tert-OH is 1. The number of unbranched alkanes of at least 4 members (excludes halogenated alkanes) is 3. The molecule has 2 amide bonds. The van der Waals surface area contributed by atoms with E-state index in [1.165, 1.54) is 0 Å². The zero-order valence-corrected chi connectivity index (χ0v) is 31.4. The molecule has 1 saturated heterocycles. The molecule has 1 fully saturated rings. The summed E-state index contributed by atoms with van der Waals surface area (Å²) in [6.07, 6.45) is 5.23. The maximum Gasteiger partial charge on any atom is 0.224 e. The second-order valence-electron chi connectivity index (χ2n) is 13.5. The van der Waals surface area contributed by atoms with E-state index in [-0.39, 0.29) is 35.8 Å². The fourth-order valence-corrected chi connectivity index (χ4v) is 6.77. The molecule has 1 aromatic heterocycles. The maximum absolute atomic E-state index is 12.6. The third-order valence-electron chi connectivity index (χ3n) is 9.47. The topological polar surface area (TPSA) is 141 Å². The first-order valence-corrected chi connectivity index (χ1v) is 19.0. The largest absolute Gasteiger partial charge is 0.397 e. The minimum Gasteiger partial charge on any atom is -0.397 e. The molecule has 10 nitrogen and oxygen atoms in total.